The predicted octanol–water partition coefficient (Wildman–Crippen LogP) is 4.14. The zero-order valence-electron chi connectivity index (χ0n) is 24.8. The number of primary amides is 1. The van der Waals surface area contributed by atoms with Gasteiger partial charge < -0.3 is 31.8 Å². The number of carbonyl (C=O) groups is 2. The maximum atomic E-state index is 12.5. The third-order valence-electron chi connectivity index (χ3n) is 6.67. The van der Waals surface area contributed by atoms with E-state index in [9.17, 15) is 9.59 Å². The van der Waals surface area contributed by atoms with Gasteiger partial charge in [-0.3, -0.25) is 9.59 Å². The number of aromatic nitrogens is 2. The van der Waals surface area contributed by atoms with Crippen molar-refractivity contribution in [3.8, 4) is 17.0 Å². The van der Waals surface area contributed by atoms with Gasteiger partial charge in [-0.1, -0.05) is 56.6 Å². The molecule has 222 valence electrons. The molecule has 0 aliphatic heterocycles. The number of nitrogens with two attached hydrogens (primary N) is 3. The average molecular weight is 583 g/mol. The molecular formula is C31H43ClN6O3. The van der Waals surface area contributed by atoms with Crippen molar-refractivity contribution in [3.63, 3.8) is 0 Å². The summed E-state index contributed by atoms with van der Waals surface area (Å²) in [5.74, 6) is 0.122. The maximum absolute atomic E-state index is 12.5. The fourth-order valence-corrected chi connectivity index (χ4v) is 5.12. The first-order chi connectivity index (χ1) is 19.2. The molecule has 0 aliphatic carbocycles. The number of imidazole rings is 1. The van der Waals surface area contributed by atoms with E-state index in [0.29, 0.717) is 35.8 Å². The van der Waals surface area contributed by atoms with Crippen LogP contribution >= 0.6 is 11.6 Å². The number of nitrogens with zero attached hydrogens (tertiary/aromatic N) is 2. The van der Waals surface area contributed by atoms with Crippen LogP contribution in [0, 0.1) is 0 Å². The number of ether oxygens (including phenoxy) is 1. The predicted molar refractivity (Wildman–Crippen MR) is 164 cm³/mol. The lowest BCUT2D eigenvalue weighted by atomic mass is 9.87. The van der Waals surface area contributed by atoms with Crippen molar-refractivity contribution in [3.05, 3.63) is 70.1 Å². The number of hydrogen-bond acceptors (Lipinski definition) is 6. The lowest BCUT2D eigenvalue weighted by Gasteiger charge is -2.24. The van der Waals surface area contributed by atoms with E-state index < -0.39 is 11.9 Å². The molecule has 0 bridgehead atoms. The number of benzene rings is 2. The summed E-state index contributed by atoms with van der Waals surface area (Å²) in [6, 6.07) is 10.6. The van der Waals surface area contributed by atoms with E-state index >= 15 is 0 Å². The second-order valence-electron chi connectivity index (χ2n) is 11.7. The van der Waals surface area contributed by atoms with Crippen LogP contribution in [0.4, 0.5) is 0 Å². The van der Waals surface area contributed by atoms with E-state index in [4.69, 9.17) is 38.5 Å². The van der Waals surface area contributed by atoms with E-state index in [1.807, 2.05) is 44.3 Å². The smallest absolute Gasteiger partial charge is 0.249 e. The summed E-state index contributed by atoms with van der Waals surface area (Å²) in [7, 11) is 0. The highest BCUT2D eigenvalue weighted by atomic mass is 35.5. The van der Waals surface area contributed by atoms with Crippen LogP contribution in [0.25, 0.3) is 11.3 Å². The Morgan fingerprint density at radius 3 is 2.29 bits per heavy atom. The zero-order chi connectivity index (χ0) is 30.5. The monoisotopic (exact) mass is 582 g/mol. The highest BCUT2D eigenvalue weighted by Gasteiger charge is 2.26. The fraction of sp³-hybridized carbons (Fsp3) is 0.452. The number of carbonyl (C=O) groups excluding carboxylic acids is 2. The van der Waals surface area contributed by atoms with Crippen molar-refractivity contribution in [2.45, 2.75) is 78.0 Å². The highest BCUT2D eigenvalue weighted by Crippen LogP contribution is 2.38. The minimum absolute atomic E-state index is 0.128. The molecule has 9 nitrogen and oxygen atoms in total. The van der Waals surface area contributed by atoms with Crippen LogP contribution in [0.2, 0.25) is 5.02 Å². The van der Waals surface area contributed by atoms with Gasteiger partial charge in [0.15, 0.2) is 0 Å². The maximum Gasteiger partial charge on any atom is 0.249 e. The minimum atomic E-state index is -0.686. The molecule has 0 spiro atoms. The zero-order valence-corrected chi connectivity index (χ0v) is 25.6. The Morgan fingerprint density at radius 2 is 1.76 bits per heavy atom. The van der Waals surface area contributed by atoms with Gasteiger partial charge in [0.05, 0.1) is 22.9 Å². The molecule has 0 radical (unpaired) electrons. The van der Waals surface area contributed by atoms with Gasteiger partial charge in [-0.25, -0.2) is 4.98 Å². The van der Waals surface area contributed by atoms with Gasteiger partial charge in [-0.05, 0) is 50.5 Å². The molecule has 3 aromatic rings. The SMILES string of the molecule is CC(C)Oc1ccc(C(N)=O)c([C@@H](CNC(=O)[C@@H](C)N)Cc2ccc(-c3cn(CCN)c(C(C)(C)C)n3)cc2)c1Cl. The second kappa shape index (κ2) is 13.5. The number of hydrogen-bond donors (Lipinski definition) is 4. The summed E-state index contributed by atoms with van der Waals surface area (Å²) in [5.41, 5.74) is 20.9. The Morgan fingerprint density at radius 1 is 1.10 bits per heavy atom. The third-order valence-corrected chi connectivity index (χ3v) is 7.06. The Kier molecular flexibility index (Phi) is 10.6. The van der Waals surface area contributed by atoms with Crippen molar-refractivity contribution in [1.82, 2.24) is 14.9 Å². The van der Waals surface area contributed by atoms with E-state index in [0.717, 1.165) is 22.6 Å². The topological polar surface area (TPSA) is 151 Å². The van der Waals surface area contributed by atoms with Crippen LogP contribution in [-0.2, 0) is 23.2 Å². The Labute approximate surface area is 247 Å². The lowest BCUT2D eigenvalue weighted by Crippen LogP contribution is -2.40. The number of nitrogens with one attached hydrogen (secondary N) is 1. The average Bonchev–Trinajstić information content (AvgIpc) is 3.32. The van der Waals surface area contributed by atoms with Gasteiger partial charge in [0.1, 0.15) is 11.6 Å². The largest absolute Gasteiger partial charge is 0.489 e. The van der Waals surface area contributed by atoms with Crippen molar-refractivity contribution in [2.24, 2.45) is 17.2 Å². The minimum Gasteiger partial charge on any atom is -0.489 e. The van der Waals surface area contributed by atoms with Gasteiger partial charge in [-0.2, -0.15) is 0 Å². The normalized spacial score (nSPS) is 13.2. The molecule has 0 fully saturated rings. The molecule has 0 saturated carbocycles. The van der Waals surface area contributed by atoms with Crippen LogP contribution in [0.5, 0.6) is 5.75 Å². The van der Waals surface area contributed by atoms with Gasteiger partial charge in [-0.15, -0.1) is 0 Å². The van der Waals surface area contributed by atoms with Crippen LogP contribution in [0.1, 0.15) is 74.8 Å². The molecule has 2 atom stereocenters. The van der Waals surface area contributed by atoms with Crippen molar-refractivity contribution >= 4 is 23.4 Å². The van der Waals surface area contributed by atoms with Gasteiger partial charge in [0.2, 0.25) is 11.8 Å². The first kappa shape index (κ1) is 32.1. The molecule has 41 heavy (non-hydrogen) atoms. The molecule has 10 heteroatoms. The fourth-order valence-electron chi connectivity index (χ4n) is 4.75. The summed E-state index contributed by atoms with van der Waals surface area (Å²) in [4.78, 5) is 29.8. The van der Waals surface area contributed by atoms with Crippen LogP contribution < -0.4 is 27.3 Å². The summed E-state index contributed by atoms with van der Waals surface area (Å²) < 4.78 is 8.00. The standard InChI is InChI=1S/C31H43ClN6O3/c1-18(2)41-25-12-11-23(28(35)39)26(27(25)32)22(16-36-29(40)19(3)34)15-20-7-9-21(10-8-20)24-17-38(14-13-33)30(37-24)31(4,5)6/h7-12,17-19,22H,13-16,33-34H2,1-6H3,(H2,35,39)(H,36,40)/t19-,22-/m1/s1. The molecule has 1 heterocycles. The lowest BCUT2D eigenvalue weighted by molar-refractivity contribution is -0.122. The quantitative estimate of drug-likeness (QED) is 0.252. The molecule has 3 rings (SSSR count). The van der Waals surface area contributed by atoms with Gasteiger partial charge in [0.25, 0.3) is 0 Å². The first-order valence-corrected chi connectivity index (χ1v) is 14.3. The molecule has 0 saturated heterocycles. The molecular weight excluding hydrogens is 540 g/mol. The van der Waals surface area contributed by atoms with Gasteiger partial charge >= 0.3 is 0 Å². The van der Waals surface area contributed by atoms with E-state index in [1.165, 1.54) is 0 Å². The Hall–Kier alpha value is -3.40. The first-order valence-electron chi connectivity index (χ1n) is 13.9. The Balaban J connectivity index is 2.00. The Bertz CT molecular complexity index is 1360. The van der Waals surface area contributed by atoms with Crippen molar-refractivity contribution in [1.29, 1.82) is 0 Å². The molecule has 1 aromatic heterocycles. The van der Waals surface area contributed by atoms with Crippen molar-refractivity contribution in [2.75, 3.05) is 13.1 Å². The molecule has 0 aliphatic rings. The van der Waals surface area contributed by atoms with Crippen LogP contribution in [0.15, 0.2) is 42.6 Å². The summed E-state index contributed by atoms with van der Waals surface area (Å²) >= 11 is 6.84. The number of halogens is 1. The second-order valence-corrected chi connectivity index (χ2v) is 12.1. The summed E-state index contributed by atoms with van der Waals surface area (Å²) in [6.45, 7) is 13.2. The molecule has 2 aromatic carbocycles. The van der Waals surface area contributed by atoms with Crippen LogP contribution in [-0.4, -0.2) is 46.6 Å². The van der Waals surface area contributed by atoms with Gasteiger partial charge in [0, 0.05) is 48.3 Å². The van der Waals surface area contributed by atoms with Crippen molar-refractivity contribution < 1.29 is 14.3 Å². The van der Waals surface area contributed by atoms with Crippen LogP contribution in [0.3, 0.4) is 0 Å². The van der Waals surface area contributed by atoms with E-state index in [2.05, 4.69) is 30.7 Å². The summed E-state index contributed by atoms with van der Waals surface area (Å²) in [6.07, 6.45) is 2.38. The summed E-state index contributed by atoms with van der Waals surface area (Å²) in [5, 5.41) is 3.19. The van der Waals surface area contributed by atoms with E-state index in [1.54, 1.807) is 19.1 Å². The van der Waals surface area contributed by atoms with E-state index in [-0.39, 0.29) is 35.5 Å². The number of amides is 2. The molecule has 0 unspecified atom stereocenters. The molecule has 7 N–H and O–H groups in total. The highest BCUT2D eigenvalue weighted by molar-refractivity contribution is 6.33. The third kappa shape index (κ3) is 8.09. The molecule has 2 amide bonds. The number of rotatable bonds is 12.